The summed E-state index contributed by atoms with van der Waals surface area (Å²) in [6.07, 6.45) is 1.35. The molecule has 0 radical (unpaired) electrons. The van der Waals surface area contributed by atoms with E-state index >= 15 is 4.39 Å². The van der Waals surface area contributed by atoms with Crippen LogP contribution in [0, 0.1) is 17.5 Å². The van der Waals surface area contributed by atoms with E-state index in [4.69, 9.17) is 4.74 Å². The zero-order valence-corrected chi connectivity index (χ0v) is 18.8. The molecule has 0 bridgehead atoms. The zero-order chi connectivity index (χ0) is 24.9. The highest BCUT2D eigenvalue weighted by atomic mass is 19.2. The van der Waals surface area contributed by atoms with Crippen LogP contribution in [-0.4, -0.2) is 64.2 Å². The van der Waals surface area contributed by atoms with Gasteiger partial charge in [-0.25, -0.2) is 13.2 Å². The quantitative estimate of drug-likeness (QED) is 0.476. The van der Waals surface area contributed by atoms with E-state index in [1.807, 2.05) is 4.90 Å². The molecule has 5 rings (SSSR count). The van der Waals surface area contributed by atoms with Gasteiger partial charge in [-0.05, 0) is 23.6 Å². The summed E-state index contributed by atoms with van der Waals surface area (Å²) in [5, 5.41) is 10.4. The maximum atomic E-state index is 15.9. The molecule has 1 saturated heterocycles. The van der Waals surface area contributed by atoms with Crippen molar-refractivity contribution in [1.29, 1.82) is 0 Å². The van der Waals surface area contributed by atoms with Crippen molar-refractivity contribution in [2.75, 3.05) is 38.2 Å². The molecule has 0 unspecified atom stereocenters. The van der Waals surface area contributed by atoms with E-state index in [1.165, 1.54) is 32.4 Å². The largest absolute Gasteiger partial charge is 0.508 e. The molecule has 11 heteroatoms. The van der Waals surface area contributed by atoms with Crippen molar-refractivity contribution in [1.82, 2.24) is 19.9 Å². The molecule has 0 atom stereocenters. The molecule has 1 fully saturated rings. The third-order valence-corrected chi connectivity index (χ3v) is 6.10. The van der Waals surface area contributed by atoms with Crippen LogP contribution in [0.4, 0.5) is 19.0 Å². The first-order valence-electron chi connectivity index (χ1n) is 10.8. The summed E-state index contributed by atoms with van der Waals surface area (Å²) in [4.78, 5) is 28.0. The van der Waals surface area contributed by atoms with Crippen LogP contribution in [0.2, 0.25) is 0 Å². The number of halogens is 3. The molecule has 35 heavy (non-hydrogen) atoms. The number of anilines is 1. The highest BCUT2D eigenvalue weighted by Crippen LogP contribution is 2.38. The Bertz CT molecular complexity index is 1490. The van der Waals surface area contributed by atoms with Gasteiger partial charge in [-0.3, -0.25) is 9.78 Å². The SMILES string of the molecule is COc1nc(N2CCN(C(C)=O)CC2)c2cnc(-c3cc(O)cc4ccc(F)c(F)c34)c(F)c2n1. The van der Waals surface area contributed by atoms with Gasteiger partial charge in [0.1, 0.15) is 22.8 Å². The van der Waals surface area contributed by atoms with E-state index in [9.17, 15) is 18.7 Å². The molecule has 1 aliphatic rings. The van der Waals surface area contributed by atoms with Crippen LogP contribution in [0.3, 0.4) is 0 Å². The molecule has 1 N–H and O–H groups in total. The van der Waals surface area contributed by atoms with E-state index in [0.717, 1.165) is 12.1 Å². The predicted molar refractivity (Wildman–Crippen MR) is 123 cm³/mol. The van der Waals surface area contributed by atoms with Crippen LogP contribution in [-0.2, 0) is 4.79 Å². The van der Waals surface area contributed by atoms with Crippen LogP contribution in [0.25, 0.3) is 32.9 Å². The van der Waals surface area contributed by atoms with E-state index in [0.29, 0.717) is 37.4 Å². The summed E-state index contributed by atoms with van der Waals surface area (Å²) in [6, 6.07) is 4.52. The fourth-order valence-electron chi connectivity index (χ4n) is 4.34. The lowest BCUT2D eigenvalue weighted by molar-refractivity contribution is -0.129. The monoisotopic (exact) mass is 483 g/mol. The Kier molecular flexibility index (Phi) is 5.54. The lowest BCUT2D eigenvalue weighted by atomic mass is 9.99. The number of amides is 1. The molecular weight excluding hydrogens is 463 g/mol. The van der Waals surface area contributed by atoms with Crippen molar-refractivity contribution in [2.24, 2.45) is 0 Å². The summed E-state index contributed by atoms with van der Waals surface area (Å²) < 4.78 is 49.9. The Morgan fingerprint density at radius 1 is 1.06 bits per heavy atom. The number of nitrogens with zero attached hydrogens (tertiary/aromatic N) is 5. The number of ether oxygens (including phenoxy) is 1. The number of fused-ring (bicyclic) bond motifs is 2. The number of pyridine rings is 1. The number of piperazine rings is 1. The average Bonchev–Trinajstić information content (AvgIpc) is 2.85. The van der Waals surface area contributed by atoms with Gasteiger partial charge in [-0.15, -0.1) is 0 Å². The van der Waals surface area contributed by atoms with Gasteiger partial charge in [0, 0.05) is 50.2 Å². The summed E-state index contributed by atoms with van der Waals surface area (Å²) in [5.74, 6) is -3.10. The third kappa shape index (κ3) is 3.82. The number of phenols is 1. The molecule has 0 aliphatic carbocycles. The van der Waals surface area contributed by atoms with Gasteiger partial charge in [0.15, 0.2) is 17.5 Å². The molecule has 2 aromatic carbocycles. The van der Waals surface area contributed by atoms with Gasteiger partial charge in [-0.1, -0.05) is 6.07 Å². The lowest BCUT2D eigenvalue weighted by Crippen LogP contribution is -2.48. The number of carbonyl (C=O) groups excluding carboxylic acids is 1. The number of benzene rings is 2. The molecule has 1 aliphatic heterocycles. The van der Waals surface area contributed by atoms with E-state index in [1.54, 1.807) is 4.90 Å². The van der Waals surface area contributed by atoms with Crippen molar-refractivity contribution >= 4 is 33.4 Å². The van der Waals surface area contributed by atoms with E-state index < -0.39 is 17.5 Å². The molecular formula is C24H20F3N5O3. The number of methoxy groups -OCH3 is 1. The van der Waals surface area contributed by atoms with Gasteiger partial charge < -0.3 is 19.6 Å². The predicted octanol–water partition coefficient (Wildman–Crippen LogP) is 3.65. The minimum absolute atomic E-state index is 0.0332. The minimum atomic E-state index is -1.18. The first-order valence-corrected chi connectivity index (χ1v) is 10.8. The minimum Gasteiger partial charge on any atom is -0.508 e. The average molecular weight is 483 g/mol. The zero-order valence-electron chi connectivity index (χ0n) is 18.8. The second-order valence-corrected chi connectivity index (χ2v) is 8.16. The topological polar surface area (TPSA) is 91.7 Å². The summed E-state index contributed by atoms with van der Waals surface area (Å²) in [6.45, 7) is 3.35. The Labute approximate surface area is 197 Å². The highest BCUT2D eigenvalue weighted by Gasteiger charge is 2.26. The maximum absolute atomic E-state index is 15.9. The fraction of sp³-hybridized carbons (Fsp3) is 0.250. The van der Waals surface area contributed by atoms with Crippen LogP contribution < -0.4 is 9.64 Å². The summed E-state index contributed by atoms with van der Waals surface area (Å²) in [7, 11) is 1.35. The molecule has 4 aromatic rings. The Balaban J connectivity index is 1.70. The van der Waals surface area contributed by atoms with Crippen molar-refractivity contribution in [3.8, 4) is 23.0 Å². The van der Waals surface area contributed by atoms with Crippen molar-refractivity contribution < 1.29 is 27.8 Å². The lowest BCUT2D eigenvalue weighted by Gasteiger charge is -2.35. The standard InChI is InChI=1S/C24H20F3N5O3/c1-12(33)31-5-7-32(8-6-31)23-16-11-28-21(20(27)22(16)29-24(30-23)35-2)15-10-14(34)9-13-3-4-17(25)19(26)18(13)15/h3-4,9-11,34H,5-8H2,1-2H3. The molecule has 2 aromatic heterocycles. The van der Waals surface area contributed by atoms with Gasteiger partial charge >= 0.3 is 6.01 Å². The first kappa shape index (κ1) is 22.6. The number of hydrogen-bond acceptors (Lipinski definition) is 7. The molecule has 8 nitrogen and oxygen atoms in total. The second-order valence-electron chi connectivity index (χ2n) is 8.16. The van der Waals surface area contributed by atoms with Crippen molar-refractivity contribution in [3.63, 3.8) is 0 Å². The first-order chi connectivity index (χ1) is 16.8. The Morgan fingerprint density at radius 3 is 2.49 bits per heavy atom. The van der Waals surface area contributed by atoms with E-state index in [2.05, 4.69) is 15.0 Å². The fourth-order valence-corrected chi connectivity index (χ4v) is 4.34. The number of aromatic hydroxyl groups is 1. The van der Waals surface area contributed by atoms with Crippen LogP contribution in [0.5, 0.6) is 11.8 Å². The van der Waals surface area contributed by atoms with Gasteiger partial charge in [0.25, 0.3) is 0 Å². The van der Waals surface area contributed by atoms with Gasteiger partial charge in [0.05, 0.1) is 12.5 Å². The number of aromatic nitrogens is 3. The Morgan fingerprint density at radius 2 is 1.80 bits per heavy atom. The third-order valence-electron chi connectivity index (χ3n) is 6.10. The summed E-state index contributed by atoms with van der Waals surface area (Å²) >= 11 is 0. The summed E-state index contributed by atoms with van der Waals surface area (Å²) in [5.41, 5.74) is -0.555. The number of phenolic OH excluding ortho intramolecular Hbond substituents is 1. The Hall–Kier alpha value is -4.15. The van der Waals surface area contributed by atoms with Crippen LogP contribution in [0.1, 0.15) is 6.92 Å². The molecule has 1 amide bonds. The van der Waals surface area contributed by atoms with Crippen LogP contribution >= 0.6 is 0 Å². The molecule has 0 spiro atoms. The maximum Gasteiger partial charge on any atom is 0.318 e. The normalized spacial score (nSPS) is 14.1. The van der Waals surface area contributed by atoms with Crippen molar-refractivity contribution in [3.05, 3.63) is 47.9 Å². The second kappa shape index (κ2) is 8.57. The highest BCUT2D eigenvalue weighted by molar-refractivity contribution is 6.00. The molecule has 180 valence electrons. The van der Waals surface area contributed by atoms with Crippen molar-refractivity contribution in [2.45, 2.75) is 6.92 Å². The number of carbonyl (C=O) groups is 1. The number of rotatable bonds is 3. The van der Waals surface area contributed by atoms with Gasteiger partial charge in [0.2, 0.25) is 5.91 Å². The van der Waals surface area contributed by atoms with E-state index in [-0.39, 0.29) is 45.2 Å². The number of hydrogen-bond donors (Lipinski definition) is 1. The van der Waals surface area contributed by atoms with Crippen LogP contribution in [0.15, 0.2) is 30.5 Å². The molecule has 3 heterocycles. The molecule has 0 saturated carbocycles. The smallest absolute Gasteiger partial charge is 0.318 e. The van der Waals surface area contributed by atoms with Gasteiger partial charge in [-0.2, -0.15) is 9.97 Å².